The second kappa shape index (κ2) is 7.95. The summed E-state index contributed by atoms with van der Waals surface area (Å²) in [7, 11) is 4.22. The normalized spacial score (nSPS) is 22.0. The highest BCUT2D eigenvalue weighted by Gasteiger charge is 2.31. The van der Waals surface area contributed by atoms with Crippen LogP contribution >= 0.6 is 0 Å². The Kier molecular flexibility index (Phi) is 5.67. The van der Waals surface area contributed by atoms with E-state index in [9.17, 15) is 5.26 Å². The molecule has 2 aliphatic rings. The maximum Gasteiger partial charge on any atom is 0.146 e. The Bertz CT molecular complexity index is 664. The maximum atomic E-state index is 9.25. The topological polar surface area (TPSA) is 84.8 Å². The number of nitriles is 2. The van der Waals surface area contributed by atoms with Crippen molar-refractivity contribution < 1.29 is 0 Å². The van der Waals surface area contributed by atoms with Gasteiger partial charge in [0.05, 0.1) is 24.6 Å². The van der Waals surface area contributed by atoms with Crippen molar-refractivity contribution in [3.63, 3.8) is 0 Å². The van der Waals surface area contributed by atoms with E-state index >= 15 is 0 Å². The van der Waals surface area contributed by atoms with Gasteiger partial charge in [0, 0.05) is 38.5 Å². The molecular weight excluding hydrogens is 314 g/mol. The van der Waals surface area contributed by atoms with Crippen LogP contribution in [0.4, 0.5) is 0 Å². The Balaban J connectivity index is 1.50. The fourth-order valence-electron chi connectivity index (χ4n) is 3.65. The van der Waals surface area contributed by atoms with Crippen molar-refractivity contribution in [3.8, 4) is 12.1 Å². The van der Waals surface area contributed by atoms with Gasteiger partial charge in [0.1, 0.15) is 11.6 Å². The van der Waals surface area contributed by atoms with Crippen LogP contribution in [0.5, 0.6) is 0 Å². The summed E-state index contributed by atoms with van der Waals surface area (Å²) in [4.78, 5) is 4.72. The van der Waals surface area contributed by atoms with E-state index < -0.39 is 0 Å². The van der Waals surface area contributed by atoms with E-state index in [1.165, 1.54) is 12.8 Å². The first kappa shape index (κ1) is 17.8. The lowest BCUT2D eigenvalue weighted by molar-refractivity contribution is 0.212. The molecular formula is C18H27N7. The zero-order valence-electron chi connectivity index (χ0n) is 15.2. The number of rotatable bonds is 8. The standard InChI is InChI=1S/C18H27N7/c1-23(13-17-21-22-18(24(17)2)15-5-6-15)16-7-9-25(12-16)11-14(10-20)4-3-8-19/h14-16H,3-7,9,11-13H2,1-2H3/t14-,16-/m1/s1. The number of likely N-dealkylation sites (N-methyl/N-ethyl adjacent to an activating group) is 1. The first-order valence-electron chi connectivity index (χ1n) is 9.19. The molecule has 0 radical (unpaired) electrons. The van der Waals surface area contributed by atoms with Gasteiger partial charge in [-0.05, 0) is 39.3 Å². The number of hydrogen-bond acceptors (Lipinski definition) is 6. The van der Waals surface area contributed by atoms with Crippen molar-refractivity contribution in [1.29, 1.82) is 10.5 Å². The number of aromatic nitrogens is 3. The molecule has 2 atom stereocenters. The average Bonchev–Trinajstić information content (AvgIpc) is 3.24. The molecule has 0 aromatic carbocycles. The van der Waals surface area contributed by atoms with Crippen molar-refractivity contribution in [1.82, 2.24) is 24.6 Å². The summed E-state index contributed by atoms with van der Waals surface area (Å²) in [6.45, 7) is 3.59. The molecule has 0 bridgehead atoms. The van der Waals surface area contributed by atoms with Crippen LogP contribution in [-0.4, -0.2) is 57.3 Å². The van der Waals surface area contributed by atoms with E-state index in [-0.39, 0.29) is 5.92 Å². The van der Waals surface area contributed by atoms with Gasteiger partial charge < -0.3 is 9.47 Å². The fourth-order valence-corrected chi connectivity index (χ4v) is 3.65. The number of nitrogens with zero attached hydrogens (tertiary/aromatic N) is 7. The van der Waals surface area contributed by atoms with E-state index in [1.807, 2.05) is 0 Å². The van der Waals surface area contributed by atoms with Crippen LogP contribution in [0.1, 0.15) is 49.7 Å². The van der Waals surface area contributed by atoms with Crippen molar-refractivity contribution in [2.75, 3.05) is 26.7 Å². The minimum Gasteiger partial charge on any atom is -0.317 e. The summed E-state index contributed by atoms with van der Waals surface area (Å²) in [5, 5.41) is 26.7. The molecule has 1 aromatic heterocycles. The molecule has 0 spiro atoms. The summed E-state index contributed by atoms with van der Waals surface area (Å²) < 4.78 is 2.16. The molecule has 1 saturated carbocycles. The number of hydrogen-bond donors (Lipinski definition) is 0. The lowest BCUT2D eigenvalue weighted by Crippen LogP contribution is -2.36. The fraction of sp³-hybridized carbons (Fsp3) is 0.778. The number of likely N-dealkylation sites (tertiary alicyclic amines) is 1. The van der Waals surface area contributed by atoms with Crippen LogP contribution in [0.15, 0.2) is 0 Å². The first-order chi connectivity index (χ1) is 12.1. The van der Waals surface area contributed by atoms with Crippen molar-refractivity contribution in [2.24, 2.45) is 13.0 Å². The quantitative estimate of drug-likeness (QED) is 0.715. The average molecular weight is 341 g/mol. The molecule has 2 heterocycles. The molecule has 134 valence electrons. The Morgan fingerprint density at radius 3 is 2.76 bits per heavy atom. The molecule has 1 aromatic rings. The van der Waals surface area contributed by atoms with Gasteiger partial charge >= 0.3 is 0 Å². The first-order valence-corrected chi connectivity index (χ1v) is 9.19. The highest BCUT2D eigenvalue weighted by Crippen LogP contribution is 2.38. The molecule has 2 fully saturated rings. The smallest absolute Gasteiger partial charge is 0.146 e. The van der Waals surface area contributed by atoms with E-state index in [4.69, 9.17) is 5.26 Å². The predicted molar refractivity (Wildman–Crippen MR) is 93.2 cm³/mol. The summed E-state index contributed by atoms with van der Waals surface area (Å²) >= 11 is 0. The lowest BCUT2D eigenvalue weighted by Gasteiger charge is -2.25. The van der Waals surface area contributed by atoms with Crippen LogP contribution in [-0.2, 0) is 13.6 Å². The molecule has 1 aliphatic carbocycles. The second-order valence-electron chi connectivity index (χ2n) is 7.45. The maximum absolute atomic E-state index is 9.25. The molecule has 0 N–H and O–H groups in total. The van der Waals surface area contributed by atoms with Gasteiger partial charge in [-0.25, -0.2) is 0 Å². The summed E-state index contributed by atoms with van der Waals surface area (Å²) in [6.07, 6.45) is 4.73. The zero-order chi connectivity index (χ0) is 17.8. The van der Waals surface area contributed by atoms with Crippen LogP contribution in [0.2, 0.25) is 0 Å². The second-order valence-corrected chi connectivity index (χ2v) is 7.45. The SMILES string of the molecule is CN(Cc1nnc(C2CC2)n1C)[C@@H]1CCN(C[C@@H](C#N)CCC#N)C1. The van der Waals surface area contributed by atoms with Gasteiger partial charge in [-0.15, -0.1) is 10.2 Å². The van der Waals surface area contributed by atoms with Gasteiger partial charge in [0.25, 0.3) is 0 Å². The van der Waals surface area contributed by atoms with Gasteiger partial charge in [0.15, 0.2) is 0 Å². The van der Waals surface area contributed by atoms with Gasteiger partial charge in [-0.2, -0.15) is 10.5 Å². The Hall–Kier alpha value is -1.96. The lowest BCUT2D eigenvalue weighted by atomic mass is 10.1. The van der Waals surface area contributed by atoms with E-state index in [0.29, 0.717) is 24.8 Å². The van der Waals surface area contributed by atoms with E-state index in [0.717, 1.165) is 44.2 Å². The summed E-state index contributed by atoms with van der Waals surface area (Å²) in [5.41, 5.74) is 0. The zero-order valence-corrected chi connectivity index (χ0v) is 15.2. The van der Waals surface area contributed by atoms with Gasteiger partial charge in [-0.1, -0.05) is 0 Å². The molecule has 3 rings (SSSR count). The summed E-state index contributed by atoms with van der Waals surface area (Å²) in [6, 6.07) is 4.97. The molecule has 0 amide bonds. The highest BCUT2D eigenvalue weighted by molar-refractivity contribution is 5.08. The predicted octanol–water partition coefficient (Wildman–Crippen LogP) is 1.64. The van der Waals surface area contributed by atoms with Crippen molar-refractivity contribution in [3.05, 3.63) is 11.6 Å². The van der Waals surface area contributed by atoms with Gasteiger partial charge in [0.2, 0.25) is 0 Å². The molecule has 7 heteroatoms. The molecule has 7 nitrogen and oxygen atoms in total. The van der Waals surface area contributed by atoms with E-state index in [2.05, 4.69) is 50.8 Å². The Morgan fingerprint density at radius 2 is 2.08 bits per heavy atom. The Morgan fingerprint density at radius 1 is 1.28 bits per heavy atom. The minimum atomic E-state index is -0.0384. The van der Waals surface area contributed by atoms with Gasteiger partial charge in [-0.3, -0.25) is 4.90 Å². The monoisotopic (exact) mass is 341 g/mol. The largest absolute Gasteiger partial charge is 0.317 e. The molecule has 25 heavy (non-hydrogen) atoms. The van der Waals surface area contributed by atoms with Crippen molar-refractivity contribution >= 4 is 0 Å². The Labute approximate surface area is 149 Å². The van der Waals surface area contributed by atoms with E-state index in [1.54, 1.807) is 0 Å². The summed E-state index contributed by atoms with van der Waals surface area (Å²) in [5.74, 6) is 2.75. The van der Waals surface area contributed by atoms with Crippen LogP contribution < -0.4 is 0 Å². The van der Waals surface area contributed by atoms with Crippen molar-refractivity contribution in [2.45, 2.75) is 50.6 Å². The van der Waals surface area contributed by atoms with Crippen LogP contribution in [0.25, 0.3) is 0 Å². The third-order valence-corrected chi connectivity index (χ3v) is 5.47. The highest BCUT2D eigenvalue weighted by atomic mass is 15.3. The molecule has 1 saturated heterocycles. The van der Waals surface area contributed by atoms with Crippen LogP contribution in [0.3, 0.4) is 0 Å². The van der Waals surface area contributed by atoms with Crippen LogP contribution in [0, 0.1) is 28.6 Å². The third-order valence-electron chi connectivity index (χ3n) is 5.47. The minimum absolute atomic E-state index is 0.0384. The molecule has 0 unspecified atom stereocenters. The third kappa shape index (κ3) is 4.36. The molecule has 1 aliphatic heterocycles.